The molecule has 0 radical (unpaired) electrons. The number of carbonyl (C=O) groups excluding carboxylic acids is 1. The highest BCUT2D eigenvalue weighted by molar-refractivity contribution is 5.98. The van der Waals surface area contributed by atoms with Crippen molar-refractivity contribution in [3.63, 3.8) is 0 Å². The lowest BCUT2D eigenvalue weighted by Gasteiger charge is -2.26. The molecular formula is C19H24N2O. The molecule has 0 saturated carbocycles. The Morgan fingerprint density at radius 1 is 1.18 bits per heavy atom. The van der Waals surface area contributed by atoms with E-state index in [0.717, 1.165) is 25.0 Å². The van der Waals surface area contributed by atoms with E-state index in [1.165, 1.54) is 22.0 Å². The van der Waals surface area contributed by atoms with Gasteiger partial charge in [-0.2, -0.15) is 0 Å². The Morgan fingerprint density at radius 3 is 2.64 bits per heavy atom. The molecule has 1 aliphatic rings. The van der Waals surface area contributed by atoms with Crippen LogP contribution in [0, 0.1) is 0 Å². The second-order valence-electron chi connectivity index (χ2n) is 6.28. The third-order valence-electron chi connectivity index (χ3n) is 4.87. The number of carbonyl (C=O) groups is 1. The average molecular weight is 296 g/mol. The lowest BCUT2D eigenvalue weighted by molar-refractivity contribution is -0.127. The summed E-state index contributed by atoms with van der Waals surface area (Å²) in [5, 5.41) is 1.25. The van der Waals surface area contributed by atoms with Crippen molar-refractivity contribution in [2.24, 2.45) is 7.05 Å². The molecule has 22 heavy (non-hydrogen) atoms. The van der Waals surface area contributed by atoms with Crippen molar-refractivity contribution in [3.05, 3.63) is 47.2 Å². The van der Waals surface area contributed by atoms with Crippen LogP contribution in [0.15, 0.2) is 41.6 Å². The van der Waals surface area contributed by atoms with Gasteiger partial charge in [0.15, 0.2) is 0 Å². The Bertz CT molecular complexity index is 754. The molecule has 2 heterocycles. The van der Waals surface area contributed by atoms with Crippen molar-refractivity contribution in [2.45, 2.75) is 39.7 Å². The predicted molar refractivity (Wildman–Crippen MR) is 90.7 cm³/mol. The monoisotopic (exact) mass is 296 g/mol. The first-order valence-corrected chi connectivity index (χ1v) is 8.08. The van der Waals surface area contributed by atoms with Crippen LogP contribution in [-0.4, -0.2) is 21.9 Å². The van der Waals surface area contributed by atoms with E-state index in [4.69, 9.17) is 0 Å². The van der Waals surface area contributed by atoms with Crippen LogP contribution in [0.3, 0.4) is 0 Å². The molecule has 0 spiro atoms. The van der Waals surface area contributed by atoms with Gasteiger partial charge in [0, 0.05) is 41.8 Å². The van der Waals surface area contributed by atoms with E-state index >= 15 is 0 Å². The van der Waals surface area contributed by atoms with E-state index in [9.17, 15) is 4.79 Å². The molecule has 1 atom stereocenters. The number of hydrogen-bond donors (Lipinski definition) is 0. The molecule has 1 amide bonds. The number of aromatic nitrogens is 1. The molecule has 0 unspecified atom stereocenters. The Hall–Kier alpha value is -2.03. The van der Waals surface area contributed by atoms with Gasteiger partial charge in [0.05, 0.1) is 6.04 Å². The number of rotatable bonds is 4. The minimum absolute atomic E-state index is 0.0881. The second kappa shape index (κ2) is 5.64. The van der Waals surface area contributed by atoms with Crippen LogP contribution < -0.4 is 0 Å². The predicted octanol–water partition coefficient (Wildman–Crippen LogP) is 4.20. The van der Waals surface area contributed by atoms with Crippen molar-refractivity contribution >= 4 is 16.8 Å². The number of fused-ring (bicyclic) bond motifs is 1. The minimum atomic E-state index is 0.0881. The minimum Gasteiger partial charge on any atom is -0.350 e. The van der Waals surface area contributed by atoms with Crippen molar-refractivity contribution in [1.29, 1.82) is 0 Å². The van der Waals surface area contributed by atoms with Gasteiger partial charge in [-0.1, -0.05) is 31.5 Å². The number of unbranched alkanes of at least 4 members (excludes halogenated alkanes) is 1. The molecule has 1 aliphatic heterocycles. The topological polar surface area (TPSA) is 25.2 Å². The van der Waals surface area contributed by atoms with E-state index in [1.54, 1.807) is 0 Å². The number of nitrogens with zero attached hydrogens (tertiary/aromatic N) is 2. The highest BCUT2D eigenvalue weighted by Gasteiger charge is 2.36. The summed E-state index contributed by atoms with van der Waals surface area (Å²) in [4.78, 5) is 14.7. The number of aryl methyl sites for hydroxylation is 1. The number of hydrogen-bond acceptors (Lipinski definition) is 1. The van der Waals surface area contributed by atoms with Gasteiger partial charge in [0.1, 0.15) is 0 Å². The summed E-state index contributed by atoms with van der Waals surface area (Å²) in [6, 6.07) is 8.52. The zero-order valence-corrected chi connectivity index (χ0v) is 13.9. The fourth-order valence-corrected chi connectivity index (χ4v) is 3.49. The molecule has 3 heteroatoms. The van der Waals surface area contributed by atoms with Crippen molar-refractivity contribution in [2.75, 3.05) is 6.54 Å². The Kier molecular flexibility index (Phi) is 3.81. The summed E-state index contributed by atoms with van der Waals surface area (Å²) < 4.78 is 2.16. The largest absolute Gasteiger partial charge is 0.350 e. The van der Waals surface area contributed by atoms with Gasteiger partial charge in [-0.15, -0.1) is 0 Å². The first-order valence-electron chi connectivity index (χ1n) is 8.08. The first kappa shape index (κ1) is 14.9. The molecule has 116 valence electrons. The zero-order chi connectivity index (χ0) is 15.9. The molecule has 0 aliphatic carbocycles. The number of para-hydroxylation sites is 1. The van der Waals surface area contributed by atoms with E-state index in [-0.39, 0.29) is 11.9 Å². The fourth-order valence-electron chi connectivity index (χ4n) is 3.49. The first-order chi connectivity index (χ1) is 10.6. The Balaban J connectivity index is 2.12. The maximum atomic E-state index is 12.6. The van der Waals surface area contributed by atoms with Gasteiger partial charge < -0.3 is 9.47 Å². The highest BCUT2D eigenvalue weighted by atomic mass is 16.2. The van der Waals surface area contributed by atoms with Gasteiger partial charge in [-0.25, -0.2) is 0 Å². The Morgan fingerprint density at radius 2 is 1.91 bits per heavy atom. The van der Waals surface area contributed by atoms with Gasteiger partial charge in [0.2, 0.25) is 5.91 Å². The van der Waals surface area contributed by atoms with Crippen LogP contribution >= 0.6 is 0 Å². The van der Waals surface area contributed by atoms with Crippen LogP contribution in [-0.2, 0) is 11.8 Å². The van der Waals surface area contributed by atoms with Gasteiger partial charge in [-0.3, -0.25) is 4.79 Å². The van der Waals surface area contributed by atoms with E-state index in [2.05, 4.69) is 60.8 Å². The standard InChI is InChI=1S/C19H24N2O/c1-5-6-11-21-18(13(2)14(3)19(21)22)16-12-20(4)17-10-8-7-9-15(16)17/h7-10,12,18H,5-6,11H2,1-4H3/t18-/m1/s1. The van der Waals surface area contributed by atoms with Crippen LogP contribution in [0.4, 0.5) is 0 Å². The molecule has 0 fully saturated rings. The third kappa shape index (κ3) is 2.16. The SMILES string of the molecule is CCCCN1C(=O)C(C)=C(C)[C@@H]1c1cn(C)c2ccccc12. The number of benzene rings is 1. The maximum Gasteiger partial charge on any atom is 0.250 e. The van der Waals surface area contributed by atoms with Crippen LogP contribution in [0.5, 0.6) is 0 Å². The summed E-state index contributed by atoms with van der Waals surface area (Å²) >= 11 is 0. The molecule has 1 aromatic carbocycles. The van der Waals surface area contributed by atoms with Gasteiger partial charge in [-0.05, 0) is 31.9 Å². The van der Waals surface area contributed by atoms with Crippen LogP contribution in [0.2, 0.25) is 0 Å². The Labute approximate surface area is 132 Å². The zero-order valence-electron chi connectivity index (χ0n) is 13.9. The van der Waals surface area contributed by atoms with Crippen molar-refractivity contribution < 1.29 is 4.79 Å². The molecule has 0 N–H and O–H groups in total. The fraction of sp³-hybridized carbons (Fsp3) is 0.421. The summed E-state index contributed by atoms with van der Waals surface area (Å²) in [6.45, 7) is 7.06. The average Bonchev–Trinajstić information content (AvgIpc) is 2.96. The lowest BCUT2D eigenvalue weighted by atomic mass is 9.98. The normalized spacial score (nSPS) is 18.8. The molecular weight excluding hydrogens is 272 g/mol. The molecule has 3 rings (SSSR count). The highest BCUT2D eigenvalue weighted by Crippen LogP contribution is 2.40. The van der Waals surface area contributed by atoms with E-state index in [0.29, 0.717) is 0 Å². The molecule has 0 bridgehead atoms. The van der Waals surface area contributed by atoms with Gasteiger partial charge in [0.25, 0.3) is 0 Å². The lowest BCUT2D eigenvalue weighted by Crippen LogP contribution is -2.30. The molecule has 1 aromatic heterocycles. The van der Waals surface area contributed by atoms with Crippen LogP contribution in [0.1, 0.15) is 45.2 Å². The van der Waals surface area contributed by atoms with Crippen molar-refractivity contribution in [3.8, 4) is 0 Å². The quantitative estimate of drug-likeness (QED) is 0.830. The molecule has 3 nitrogen and oxygen atoms in total. The van der Waals surface area contributed by atoms with E-state index < -0.39 is 0 Å². The third-order valence-corrected chi connectivity index (χ3v) is 4.87. The van der Waals surface area contributed by atoms with Crippen molar-refractivity contribution in [1.82, 2.24) is 9.47 Å². The van der Waals surface area contributed by atoms with E-state index in [1.807, 2.05) is 6.92 Å². The summed E-state index contributed by atoms with van der Waals surface area (Å²) in [5.74, 6) is 0.198. The second-order valence-corrected chi connectivity index (χ2v) is 6.28. The maximum absolute atomic E-state index is 12.6. The molecule has 2 aromatic rings. The summed E-state index contributed by atoms with van der Waals surface area (Å²) in [7, 11) is 2.07. The van der Waals surface area contributed by atoms with Crippen LogP contribution in [0.25, 0.3) is 10.9 Å². The summed E-state index contributed by atoms with van der Waals surface area (Å²) in [6.07, 6.45) is 4.33. The number of amides is 1. The smallest absolute Gasteiger partial charge is 0.250 e. The van der Waals surface area contributed by atoms with Gasteiger partial charge >= 0.3 is 0 Å². The molecule has 0 saturated heterocycles. The summed E-state index contributed by atoms with van der Waals surface area (Å²) in [5.41, 5.74) is 4.57.